The first-order valence-electron chi connectivity index (χ1n) is 8.12. The minimum absolute atomic E-state index is 0.120. The van der Waals surface area contributed by atoms with Crippen molar-refractivity contribution in [2.24, 2.45) is 0 Å². The third-order valence-corrected chi connectivity index (χ3v) is 5.31. The van der Waals surface area contributed by atoms with Crippen LogP contribution < -0.4 is 14.4 Å². The molecule has 0 spiro atoms. The zero-order chi connectivity index (χ0) is 22.0. The summed E-state index contributed by atoms with van der Waals surface area (Å²) in [6, 6.07) is 7.22. The lowest BCUT2D eigenvalue weighted by Gasteiger charge is -2.24. The van der Waals surface area contributed by atoms with Gasteiger partial charge in [0.05, 0.1) is 35.3 Å². The molecule has 0 aliphatic carbocycles. The van der Waals surface area contributed by atoms with Gasteiger partial charge in [0.2, 0.25) is 15.9 Å². The van der Waals surface area contributed by atoms with Crippen molar-refractivity contribution in [1.82, 2.24) is 0 Å². The van der Waals surface area contributed by atoms with Crippen LogP contribution in [0.3, 0.4) is 0 Å². The van der Waals surface area contributed by atoms with Gasteiger partial charge in [-0.2, -0.15) is 13.2 Å². The molecule has 0 radical (unpaired) electrons. The Morgan fingerprint density at radius 3 is 2.41 bits per heavy atom. The smallest absolute Gasteiger partial charge is 0.416 e. The summed E-state index contributed by atoms with van der Waals surface area (Å²) in [5.74, 6) is -0.661. The summed E-state index contributed by atoms with van der Waals surface area (Å²) in [5, 5.41) is 2.11. The van der Waals surface area contributed by atoms with Gasteiger partial charge in [0.1, 0.15) is 12.3 Å². The summed E-state index contributed by atoms with van der Waals surface area (Å²) in [6.45, 7) is 1.04. The molecule has 2 aromatic rings. The van der Waals surface area contributed by atoms with Crippen LogP contribution in [0.4, 0.5) is 24.5 Å². The SMILES string of the molecule is COc1ccc(C)cc1N(CC(=O)Nc1cc(C(F)(F)F)ccc1Cl)S(C)(=O)=O. The number of sulfonamides is 1. The highest BCUT2D eigenvalue weighted by Crippen LogP contribution is 2.34. The number of nitrogens with one attached hydrogen (secondary N) is 1. The number of benzene rings is 2. The van der Waals surface area contributed by atoms with E-state index in [1.165, 1.54) is 13.2 Å². The topological polar surface area (TPSA) is 75.7 Å². The number of hydrogen-bond donors (Lipinski definition) is 1. The number of ether oxygens (including phenoxy) is 1. The zero-order valence-corrected chi connectivity index (χ0v) is 17.2. The largest absolute Gasteiger partial charge is 0.495 e. The Bertz CT molecular complexity index is 1030. The van der Waals surface area contributed by atoms with E-state index in [1.807, 2.05) is 0 Å². The van der Waals surface area contributed by atoms with Crippen LogP contribution in [0, 0.1) is 6.92 Å². The van der Waals surface area contributed by atoms with Gasteiger partial charge in [-0.1, -0.05) is 17.7 Å². The first kappa shape index (κ1) is 22.8. The van der Waals surface area contributed by atoms with Gasteiger partial charge < -0.3 is 10.1 Å². The standard InChI is InChI=1S/C18H18ClF3N2O4S/c1-11-4-7-16(28-2)15(8-11)24(29(3,26)27)10-17(25)23-14-9-12(18(20,21)22)5-6-13(14)19/h4-9H,10H2,1-3H3,(H,23,25). The van der Waals surface area contributed by atoms with E-state index in [0.717, 1.165) is 28.3 Å². The van der Waals surface area contributed by atoms with Crippen LogP contribution >= 0.6 is 11.6 Å². The Balaban J connectivity index is 2.35. The Morgan fingerprint density at radius 2 is 1.86 bits per heavy atom. The highest BCUT2D eigenvalue weighted by molar-refractivity contribution is 7.92. The fourth-order valence-corrected chi connectivity index (χ4v) is 3.51. The van der Waals surface area contributed by atoms with E-state index in [0.29, 0.717) is 6.07 Å². The van der Waals surface area contributed by atoms with Crippen LogP contribution in [-0.4, -0.2) is 34.2 Å². The van der Waals surface area contributed by atoms with E-state index in [4.69, 9.17) is 16.3 Å². The second-order valence-corrected chi connectivity index (χ2v) is 8.50. The predicted octanol–water partition coefficient (Wildman–Crippen LogP) is 4.08. The number of alkyl halides is 3. The molecule has 0 aliphatic heterocycles. The number of anilines is 2. The van der Waals surface area contributed by atoms with Gasteiger partial charge in [0.25, 0.3) is 0 Å². The van der Waals surface area contributed by atoms with E-state index in [9.17, 15) is 26.4 Å². The average molecular weight is 451 g/mol. The van der Waals surface area contributed by atoms with E-state index in [1.54, 1.807) is 19.1 Å². The van der Waals surface area contributed by atoms with Crippen LogP contribution in [0.1, 0.15) is 11.1 Å². The summed E-state index contributed by atoms with van der Waals surface area (Å²) in [7, 11) is -2.57. The third-order valence-electron chi connectivity index (χ3n) is 3.86. The van der Waals surface area contributed by atoms with Gasteiger partial charge in [-0.3, -0.25) is 9.10 Å². The number of rotatable bonds is 6. The lowest BCUT2D eigenvalue weighted by molar-refractivity contribution is -0.137. The van der Waals surface area contributed by atoms with Gasteiger partial charge in [0, 0.05) is 0 Å². The van der Waals surface area contributed by atoms with E-state index in [-0.39, 0.29) is 22.1 Å². The summed E-state index contributed by atoms with van der Waals surface area (Å²) in [5.41, 5.74) is -0.440. The molecule has 29 heavy (non-hydrogen) atoms. The Labute approximate surface area is 171 Å². The van der Waals surface area contributed by atoms with Crippen molar-refractivity contribution < 1.29 is 31.1 Å². The summed E-state index contributed by atoms with van der Waals surface area (Å²) < 4.78 is 69.2. The second kappa shape index (κ2) is 8.50. The number of aryl methyl sites for hydroxylation is 1. The Hall–Kier alpha value is -2.46. The monoisotopic (exact) mass is 450 g/mol. The number of methoxy groups -OCH3 is 1. The fraction of sp³-hybridized carbons (Fsp3) is 0.278. The molecular formula is C18H18ClF3N2O4S. The molecule has 158 valence electrons. The van der Waals surface area contributed by atoms with E-state index in [2.05, 4.69) is 5.32 Å². The molecule has 0 fully saturated rings. The van der Waals surface area contributed by atoms with Crippen molar-refractivity contribution in [2.75, 3.05) is 29.5 Å². The number of carbonyl (C=O) groups is 1. The first-order valence-corrected chi connectivity index (χ1v) is 10.3. The normalized spacial score (nSPS) is 11.8. The van der Waals surface area contributed by atoms with Crippen LogP contribution in [0.15, 0.2) is 36.4 Å². The van der Waals surface area contributed by atoms with Crippen molar-refractivity contribution >= 4 is 38.9 Å². The molecule has 1 amide bonds. The molecule has 2 aromatic carbocycles. The maximum atomic E-state index is 12.9. The van der Waals surface area contributed by atoms with E-state index >= 15 is 0 Å². The second-order valence-electron chi connectivity index (χ2n) is 6.19. The highest BCUT2D eigenvalue weighted by Gasteiger charge is 2.31. The van der Waals surface area contributed by atoms with Crippen LogP contribution in [0.25, 0.3) is 0 Å². The molecule has 0 saturated carbocycles. The average Bonchev–Trinajstić information content (AvgIpc) is 2.59. The molecular weight excluding hydrogens is 433 g/mol. The molecule has 0 saturated heterocycles. The van der Waals surface area contributed by atoms with Crippen LogP contribution in [0.5, 0.6) is 5.75 Å². The van der Waals surface area contributed by atoms with Gasteiger partial charge in [0.15, 0.2) is 0 Å². The number of nitrogens with zero attached hydrogens (tertiary/aromatic N) is 1. The van der Waals surface area contributed by atoms with E-state index < -0.39 is 34.2 Å². The molecule has 0 unspecified atom stereocenters. The molecule has 0 heterocycles. The van der Waals surface area contributed by atoms with Crippen molar-refractivity contribution in [3.63, 3.8) is 0 Å². The molecule has 6 nitrogen and oxygen atoms in total. The lowest BCUT2D eigenvalue weighted by Crippen LogP contribution is -2.37. The number of hydrogen-bond acceptors (Lipinski definition) is 4. The van der Waals surface area contributed by atoms with Gasteiger partial charge in [-0.05, 0) is 42.8 Å². The maximum absolute atomic E-state index is 12.9. The van der Waals surface area contributed by atoms with Crippen molar-refractivity contribution in [3.05, 3.63) is 52.5 Å². The molecule has 0 atom stereocenters. The molecule has 0 aliphatic rings. The number of halogens is 4. The van der Waals surface area contributed by atoms with Crippen molar-refractivity contribution in [2.45, 2.75) is 13.1 Å². The third kappa shape index (κ3) is 5.77. The van der Waals surface area contributed by atoms with Crippen LogP contribution in [0.2, 0.25) is 5.02 Å². The first-order chi connectivity index (χ1) is 13.3. The molecule has 2 rings (SSSR count). The van der Waals surface area contributed by atoms with Gasteiger partial charge in [-0.25, -0.2) is 8.42 Å². The fourth-order valence-electron chi connectivity index (χ4n) is 2.49. The van der Waals surface area contributed by atoms with Gasteiger partial charge in [-0.15, -0.1) is 0 Å². The van der Waals surface area contributed by atoms with Gasteiger partial charge >= 0.3 is 6.18 Å². The van der Waals surface area contributed by atoms with Crippen molar-refractivity contribution in [3.8, 4) is 5.75 Å². The summed E-state index contributed by atoms with van der Waals surface area (Å²) in [6.07, 6.45) is -3.73. The molecule has 0 aromatic heterocycles. The summed E-state index contributed by atoms with van der Waals surface area (Å²) >= 11 is 5.87. The minimum Gasteiger partial charge on any atom is -0.495 e. The highest BCUT2D eigenvalue weighted by atomic mass is 35.5. The minimum atomic E-state index is -4.63. The molecule has 1 N–H and O–H groups in total. The maximum Gasteiger partial charge on any atom is 0.416 e. The Morgan fingerprint density at radius 1 is 1.21 bits per heavy atom. The number of amides is 1. The summed E-state index contributed by atoms with van der Waals surface area (Å²) in [4.78, 5) is 12.4. The zero-order valence-electron chi connectivity index (χ0n) is 15.7. The Kier molecular flexibility index (Phi) is 6.69. The predicted molar refractivity (Wildman–Crippen MR) is 105 cm³/mol. The molecule has 0 bridgehead atoms. The van der Waals surface area contributed by atoms with Crippen molar-refractivity contribution in [1.29, 1.82) is 0 Å². The van der Waals surface area contributed by atoms with Crippen LogP contribution in [-0.2, 0) is 21.0 Å². The number of carbonyl (C=O) groups excluding carboxylic acids is 1. The lowest BCUT2D eigenvalue weighted by atomic mass is 10.2. The quantitative estimate of drug-likeness (QED) is 0.719. The molecule has 11 heteroatoms.